The van der Waals surface area contributed by atoms with E-state index in [0.29, 0.717) is 12.8 Å². The molecular formula is C13H16F2O. The minimum Gasteiger partial charge on any atom is -0.299 e. The van der Waals surface area contributed by atoms with Crippen molar-refractivity contribution < 1.29 is 13.6 Å². The molecule has 0 spiro atoms. The van der Waals surface area contributed by atoms with Gasteiger partial charge in [-0.15, -0.1) is 0 Å². The molecule has 0 fully saturated rings. The van der Waals surface area contributed by atoms with Crippen molar-refractivity contribution >= 4 is 5.78 Å². The van der Waals surface area contributed by atoms with Crippen LogP contribution in [0.25, 0.3) is 0 Å². The molecule has 0 heterocycles. The molecule has 1 aromatic rings. The molecule has 88 valence electrons. The van der Waals surface area contributed by atoms with Crippen LogP contribution in [0, 0.1) is 17.6 Å². The van der Waals surface area contributed by atoms with E-state index in [1.54, 1.807) is 0 Å². The van der Waals surface area contributed by atoms with Crippen molar-refractivity contribution in [2.75, 3.05) is 0 Å². The minimum absolute atomic E-state index is 0.00883. The highest BCUT2D eigenvalue weighted by molar-refractivity contribution is 5.80. The van der Waals surface area contributed by atoms with Gasteiger partial charge < -0.3 is 0 Å². The molecule has 16 heavy (non-hydrogen) atoms. The third kappa shape index (κ3) is 3.40. The van der Waals surface area contributed by atoms with Gasteiger partial charge in [-0.25, -0.2) is 8.78 Å². The van der Waals surface area contributed by atoms with E-state index in [9.17, 15) is 13.6 Å². The predicted molar refractivity (Wildman–Crippen MR) is 59.1 cm³/mol. The van der Waals surface area contributed by atoms with Crippen LogP contribution >= 0.6 is 0 Å². The van der Waals surface area contributed by atoms with Gasteiger partial charge >= 0.3 is 0 Å². The molecule has 0 aliphatic carbocycles. The first kappa shape index (κ1) is 12.8. The number of hydrogen-bond acceptors (Lipinski definition) is 1. The topological polar surface area (TPSA) is 17.1 Å². The van der Waals surface area contributed by atoms with Crippen LogP contribution in [0.3, 0.4) is 0 Å². The van der Waals surface area contributed by atoms with Crippen molar-refractivity contribution in [3.63, 3.8) is 0 Å². The second kappa shape index (κ2) is 5.73. The number of benzene rings is 1. The summed E-state index contributed by atoms with van der Waals surface area (Å²) in [6.45, 7) is 3.65. The molecule has 0 atom stereocenters. The zero-order valence-electron chi connectivity index (χ0n) is 9.59. The molecule has 0 saturated heterocycles. The smallest absolute Gasteiger partial charge is 0.135 e. The summed E-state index contributed by atoms with van der Waals surface area (Å²) in [6, 6.07) is 3.82. The Morgan fingerprint density at radius 3 is 2.31 bits per heavy atom. The molecule has 0 saturated carbocycles. The van der Waals surface area contributed by atoms with Gasteiger partial charge in [-0.3, -0.25) is 4.79 Å². The summed E-state index contributed by atoms with van der Waals surface area (Å²) in [4.78, 5) is 11.3. The zero-order valence-corrected chi connectivity index (χ0v) is 9.59. The summed E-state index contributed by atoms with van der Waals surface area (Å²) in [5.74, 6) is -0.934. The van der Waals surface area contributed by atoms with Crippen molar-refractivity contribution in [1.82, 2.24) is 0 Å². The lowest BCUT2D eigenvalue weighted by Crippen LogP contribution is -2.07. The SMILES string of the molecule is CC(C)C(=O)CCCc1c(F)cccc1F. The Balaban J connectivity index is 2.52. The molecule has 0 bridgehead atoms. The molecule has 0 N–H and O–H groups in total. The highest BCUT2D eigenvalue weighted by atomic mass is 19.1. The summed E-state index contributed by atoms with van der Waals surface area (Å²) in [7, 11) is 0. The maximum atomic E-state index is 13.2. The first-order valence-corrected chi connectivity index (χ1v) is 5.48. The van der Waals surface area contributed by atoms with Crippen LogP contribution in [0.5, 0.6) is 0 Å². The van der Waals surface area contributed by atoms with Gasteiger partial charge in [0.25, 0.3) is 0 Å². The summed E-state index contributed by atoms with van der Waals surface area (Å²) < 4.78 is 26.4. The number of carbonyl (C=O) groups is 1. The number of hydrogen-bond donors (Lipinski definition) is 0. The van der Waals surface area contributed by atoms with Gasteiger partial charge in [0.15, 0.2) is 0 Å². The summed E-state index contributed by atoms with van der Waals surface area (Å²) in [6.07, 6.45) is 1.15. The average molecular weight is 226 g/mol. The van der Waals surface area contributed by atoms with Crippen LogP contribution in [0.1, 0.15) is 32.3 Å². The van der Waals surface area contributed by atoms with Crippen molar-refractivity contribution in [2.24, 2.45) is 5.92 Å². The first-order valence-electron chi connectivity index (χ1n) is 5.48. The molecule has 0 aromatic heterocycles. The van der Waals surface area contributed by atoms with Crippen LogP contribution in [0.2, 0.25) is 0 Å². The van der Waals surface area contributed by atoms with Gasteiger partial charge in [0.2, 0.25) is 0 Å². The van der Waals surface area contributed by atoms with Gasteiger partial charge in [-0.2, -0.15) is 0 Å². The van der Waals surface area contributed by atoms with E-state index in [-0.39, 0.29) is 23.7 Å². The lowest BCUT2D eigenvalue weighted by molar-refractivity contribution is -0.121. The largest absolute Gasteiger partial charge is 0.299 e. The molecule has 1 nitrogen and oxygen atoms in total. The Hall–Kier alpha value is -1.25. The summed E-state index contributed by atoms with van der Waals surface area (Å²) in [5.41, 5.74) is 0.0825. The number of ketones is 1. The molecule has 0 amide bonds. The second-order valence-corrected chi connectivity index (χ2v) is 4.17. The maximum Gasteiger partial charge on any atom is 0.135 e. The Labute approximate surface area is 94.5 Å². The monoisotopic (exact) mass is 226 g/mol. The van der Waals surface area contributed by atoms with Crippen molar-refractivity contribution in [3.05, 3.63) is 35.4 Å². The van der Waals surface area contributed by atoms with E-state index in [1.807, 2.05) is 13.8 Å². The highest BCUT2D eigenvalue weighted by Crippen LogP contribution is 2.15. The van der Waals surface area contributed by atoms with Crippen LogP contribution in [-0.2, 0) is 11.2 Å². The third-order valence-corrected chi connectivity index (χ3v) is 2.56. The molecule has 1 rings (SSSR count). The summed E-state index contributed by atoms with van der Waals surface area (Å²) >= 11 is 0. The van der Waals surface area contributed by atoms with E-state index in [4.69, 9.17) is 0 Å². The molecule has 3 heteroatoms. The van der Waals surface area contributed by atoms with E-state index >= 15 is 0 Å². The van der Waals surface area contributed by atoms with Gasteiger partial charge in [-0.05, 0) is 25.0 Å². The lowest BCUT2D eigenvalue weighted by atomic mass is 10.0. The lowest BCUT2D eigenvalue weighted by Gasteiger charge is -2.06. The Bertz CT molecular complexity index is 352. The summed E-state index contributed by atoms with van der Waals surface area (Å²) in [5, 5.41) is 0. The molecular weight excluding hydrogens is 210 g/mol. The van der Waals surface area contributed by atoms with Gasteiger partial charge in [-0.1, -0.05) is 19.9 Å². The Morgan fingerprint density at radius 2 is 1.81 bits per heavy atom. The number of Topliss-reactive ketones (excluding diaryl/α,β-unsaturated/α-hetero) is 1. The first-order chi connectivity index (χ1) is 7.52. The molecule has 0 radical (unpaired) electrons. The molecule has 0 aliphatic heterocycles. The van der Waals surface area contributed by atoms with Gasteiger partial charge in [0, 0.05) is 17.9 Å². The van der Waals surface area contributed by atoms with Crippen LogP contribution < -0.4 is 0 Å². The number of halogens is 2. The standard InChI is InChI=1S/C13H16F2O/c1-9(2)13(16)8-3-5-10-11(14)6-4-7-12(10)15/h4,6-7,9H,3,5,8H2,1-2H3. The number of carbonyl (C=O) groups excluding carboxylic acids is 1. The van der Waals surface area contributed by atoms with Crippen molar-refractivity contribution in [1.29, 1.82) is 0 Å². The van der Waals surface area contributed by atoms with Gasteiger partial charge in [0.1, 0.15) is 17.4 Å². The molecule has 0 aliphatic rings. The van der Waals surface area contributed by atoms with Crippen molar-refractivity contribution in [3.8, 4) is 0 Å². The fourth-order valence-electron chi connectivity index (χ4n) is 1.50. The van der Waals surface area contributed by atoms with E-state index in [1.165, 1.54) is 18.2 Å². The maximum absolute atomic E-state index is 13.2. The highest BCUT2D eigenvalue weighted by Gasteiger charge is 2.10. The average Bonchev–Trinajstić information content (AvgIpc) is 2.22. The predicted octanol–water partition coefficient (Wildman–Crippen LogP) is 3.51. The fourth-order valence-corrected chi connectivity index (χ4v) is 1.50. The van der Waals surface area contributed by atoms with Crippen LogP contribution in [0.4, 0.5) is 8.78 Å². The fraction of sp³-hybridized carbons (Fsp3) is 0.462. The van der Waals surface area contributed by atoms with Gasteiger partial charge in [0.05, 0.1) is 0 Å². The normalized spacial score (nSPS) is 10.8. The van der Waals surface area contributed by atoms with Crippen LogP contribution in [0.15, 0.2) is 18.2 Å². The van der Waals surface area contributed by atoms with E-state index < -0.39 is 11.6 Å². The van der Waals surface area contributed by atoms with Crippen LogP contribution in [-0.4, -0.2) is 5.78 Å². The Kier molecular flexibility index (Phi) is 4.59. The number of rotatable bonds is 5. The van der Waals surface area contributed by atoms with E-state index in [2.05, 4.69) is 0 Å². The third-order valence-electron chi connectivity index (χ3n) is 2.56. The molecule has 0 unspecified atom stereocenters. The molecule has 1 aromatic carbocycles. The minimum atomic E-state index is -0.531. The Morgan fingerprint density at radius 1 is 1.25 bits per heavy atom. The quantitative estimate of drug-likeness (QED) is 0.750. The second-order valence-electron chi connectivity index (χ2n) is 4.17. The zero-order chi connectivity index (χ0) is 12.1. The van der Waals surface area contributed by atoms with E-state index in [0.717, 1.165) is 0 Å². The van der Waals surface area contributed by atoms with Crippen molar-refractivity contribution in [2.45, 2.75) is 33.1 Å².